The second-order valence-corrected chi connectivity index (χ2v) is 4.79. The number of aromatic carboxylic acids is 1. The van der Waals surface area contributed by atoms with Crippen LogP contribution in [0.3, 0.4) is 0 Å². The second-order valence-electron chi connectivity index (χ2n) is 3.50. The lowest BCUT2D eigenvalue weighted by atomic mass is 10.3. The van der Waals surface area contributed by atoms with Gasteiger partial charge < -0.3 is 14.3 Å². The Kier molecular flexibility index (Phi) is 3.02. The predicted octanol–water partition coefficient (Wildman–Crippen LogP) is 1.92. The summed E-state index contributed by atoms with van der Waals surface area (Å²) in [6.07, 6.45) is 0. The molecule has 0 unspecified atom stereocenters. The van der Waals surface area contributed by atoms with Crippen molar-refractivity contribution in [2.24, 2.45) is 0 Å². The molecule has 0 amide bonds. The largest absolute Gasteiger partial charge is 0.475 e. The Labute approximate surface area is 91.6 Å². The first-order valence-corrected chi connectivity index (χ1v) is 5.73. The molecular weight excluding hydrogens is 216 g/mol. The molecule has 0 aromatic carbocycles. The maximum atomic E-state index is 10.7. The van der Waals surface area contributed by atoms with E-state index in [0.717, 1.165) is 19.0 Å². The lowest BCUT2D eigenvalue weighted by Gasteiger charge is -2.24. The summed E-state index contributed by atoms with van der Waals surface area (Å²) in [4.78, 5) is 10.7. The third-order valence-electron chi connectivity index (χ3n) is 2.23. The minimum absolute atomic E-state index is 0.0514. The Hall–Kier alpha value is -0.940. The zero-order chi connectivity index (χ0) is 10.8. The fourth-order valence-electron chi connectivity index (χ4n) is 1.34. The molecule has 1 aliphatic heterocycles. The maximum Gasteiger partial charge on any atom is 0.372 e. The number of carbonyl (C=O) groups is 1. The molecule has 2 rings (SSSR count). The molecule has 5 heteroatoms. The molecule has 4 nitrogen and oxygen atoms in total. The van der Waals surface area contributed by atoms with Crippen LogP contribution < -0.4 is 0 Å². The van der Waals surface area contributed by atoms with E-state index in [-0.39, 0.29) is 5.76 Å². The van der Waals surface area contributed by atoms with Gasteiger partial charge in [0.05, 0.1) is 24.2 Å². The van der Waals surface area contributed by atoms with E-state index < -0.39 is 5.97 Å². The number of hydrogen-bond acceptors (Lipinski definition) is 4. The predicted molar refractivity (Wildman–Crippen MR) is 56.3 cm³/mol. The summed E-state index contributed by atoms with van der Waals surface area (Å²) in [5, 5.41) is 9.32. The summed E-state index contributed by atoms with van der Waals surface area (Å²) >= 11 is 1.74. The van der Waals surface area contributed by atoms with Crippen LogP contribution in [0.1, 0.15) is 21.9 Å². The molecule has 1 aliphatic rings. The number of thioether (sulfide) groups is 1. The zero-order valence-electron chi connectivity index (χ0n) is 8.36. The quantitative estimate of drug-likeness (QED) is 0.853. The number of carboxylic acid groups (broad SMARTS) is 1. The normalized spacial score (nSPS) is 16.3. The van der Waals surface area contributed by atoms with E-state index in [1.807, 2.05) is 0 Å². The molecule has 0 radical (unpaired) electrons. The highest BCUT2D eigenvalue weighted by Gasteiger charge is 2.20. The van der Waals surface area contributed by atoms with E-state index in [1.165, 1.54) is 0 Å². The van der Waals surface area contributed by atoms with Crippen molar-refractivity contribution < 1.29 is 19.1 Å². The van der Waals surface area contributed by atoms with Gasteiger partial charge in [0.1, 0.15) is 5.76 Å². The number of rotatable bonds is 4. The van der Waals surface area contributed by atoms with E-state index in [0.29, 0.717) is 16.6 Å². The molecule has 0 atom stereocenters. The van der Waals surface area contributed by atoms with E-state index >= 15 is 0 Å². The molecule has 1 N–H and O–H groups in total. The molecule has 2 heterocycles. The lowest BCUT2D eigenvalue weighted by molar-refractivity contribution is 0.0454. The second kappa shape index (κ2) is 4.28. The molecule has 1 aromatic rings. The van der Waals surface area contributed by atoms with Gasteiger partial charge in [0.15, 0.2) is 0 Å². The number of carboxylic acids is 1. The molecule has 1 saturated heterocycles. The Morgan fingerprint density at radius 2 is 2.40 bits per heavy atom. The molecule has 15 heavy (non-hydrogen) atoms. The van der Waals surface area contributed by atoms with Gasteiger partial charge in [-0.1, -0.05) is 0 Å². The maximum absolute atomic E-state index is 10.7. The van der Waals surface area contributed by atoms with Gasteiger partial charge in [-0.3, -0.25) is 0 Å². The van der Waals surface area contributed by atoms with Crippen LogP contribution in [0.15, 0.2) is 10.5 Å². The number of hydrogen-bond donors (Lipinski definition) is 1. The smallest absolute Gasteiger partial charge is 0.372 e. The monoisotopic (exact) mass is 228 g/mol. The van der Waals surface area contributed by atoms with Crippen LogP contribution in [0.25, 0.3) is 0 Å². The Balaban J connectivity index is 1.96. The third kappa shape index (κ3) is 2.35. The molecule has 1 fully saturated rings. The molecule has 0 aliphatic carbocycles. The average molecular weight is 228 g/mol. The Morgan fingerprint density at radius 3 is 2.87 bits per heavy atom. The van der Waals surface area contributed by atoms with Crippen molar-refractivity contribution in [2.45, 2.75) is 17.9 Å². The van der Waals surface area contributed by atoms with Crippen molar-refractivity contribution in [1.29, 1.82) is 0 Å². The van der Waals surface area contributed by atoms with Crippen molar-refractivity contribution >= 4 is 17.7 Å². The minimum atomic E-state index is -1.00. The highest BCUT2D eigenvalue weighted by molar-refractivity contribution is 7.99. The van der Waals surface area contributed by atoms with Gasteiger partial charge in [-0.2, -0.15) is 0 Å². The van der Waals surface area contributed by atoms with Gasteiger partial charge in [0, 0.05) is 5.56 Å². The van der Waals surface area contributed by atoms with Crippen LogP contribution in [0.4, 0.5) is 0 Å². The van der Waals surface area contributed by atoms with Crippen LogP contribution in [0.2, 0.25) is 0 Å². The third-order valence-corrected chi connectivity index (χ3v) is 3.43. The van der Waals surface area contributed by atoms with Gasteiger partial charge >= 0.3 is 5.97 Å². The van der Waals surface area contributed by atoms with E-state index in [9.17, 15) is 4.79 Å². The van der Waals surface area contributed by atoms with Crippen molar-refractivity contribution in [2.75, 3.05) is 13.2 Å². The number of furan rings is 1. The summed E-state index contributed by atoms with van der Waals surface area (Å²) < 4.78 is 10.3. The summed E-state index contributed by atoms with van der Waals surface area (Å²) in [5.74, 6) is 0.482. The molecule has 82 valence electrons. The zero-order valence-corrected chi connectivity index (χ0v) is 9.17. The fraction of sp³-hybridized carbons (Fsp3) is 0.500. The van der Waals surface area contributed by atoms with Gasteiger partial charge in [-0.05, 0) is 13.0 Å². The summed E-state index contributed by atoms with van der Waals surface area (Å²) in [6.45, 7) is 3.32. The van der Waals surface area contributed by atoms with Crippen molar-refractivity contribution in [3.8, 4) is 0 Å². The standard InChI is InChI=1S/C10H12O4S/c1-6-2-7(14-9(6)10(11)12)5-15-8-3-13-4-8/h2,8H,3-5H2,1H3,(H,11,12). The molecule has 0 spiro atoms. The molecule has 0 bridgehead atoms. The SMILES string of the molecule is Cc1cc(CSC2COC2)oc1C(=O)O. The topological polar surface area (TPSA) is 59.7 Å². The van der Waals surface area contributed by atoms with E-state index in [1.54, 1.807) is 24.8 Å². The van der Waals surface area contributed by atoms with Crippen LogP contribution in [0.5, 0.6) is 0 Å². The van der Waals surface area contributed by atoms with E-state index in [4.69, 9.17) is 14.3 Å². The van der Waals surface area contributed by atoms with Gasteiger partial charge in [-0.15, -0.1) is 11.8 Å². The van der Waals surface area contributed by atoms with Crippen molar-refractivity contribution in [3.63, 3.8) is 0 Å². The van der Waals surface area contributed by atoms with Crippen LogP contribution in [0, 0.1) is 6.92 Å². The molecule has 1 aromatic heterocycles. The van der Waals surface area contributed by atoms with Crippen LogP contribution in [-0.2, 0) is 10.5 Å². The summed E-state index contributed by atoms with van der Waals surface area (Å²) in [7, 11) is 0. The minimum Gasteiger partial charge on any atom is -0.475 e. The Morgan fingerprint density at radius 1 is 1.67 bits per heavy atom. The molecular formula is C10H12O4S. The van der Waals surface area contributed by atoms with Gasteiger partial charge in [0.2, 0.25) is 5.76 Å². The number of ether oxygens (including phenoxy) is 1. The first-order valence-electron chi connectivity index (χ1n) is 4.69. The van der Waals surface area contributed by atoms with Gasteiger partial charge in [-0.25, -0.2) is 4.79 Å². The van der Waals surface area contributed by atoms with E-state index in [2.05, 4.69) is 0 Å². The highest BCUT2D eigenvalue weighted by atomic mass is 32.2. The Bertz CT molecular complexity index is 367. The lowest BCUT2D eigenvalue weighted by Crippen LogP contribution is -2.30. The molecule has 0 saturated carbocycles. The first kappa shape index (κ1) is 10.6. The first-order chi connectivity index (χ1) is 7.16. The van der Waals surface area contributed by atoms with Crippen LogP contribution in [-0.4, -0.2) is 29.5 Å². The van der Waals surface area contributed by atoms with Gasteiger partial charge in [0.25, 0.3) is 0 Å². The summed E-state index contributed by atoms with van der Waals surface area (Å²) in [6, 6.07) is 1.79. The van der Waals surface area contributed by atoms with Crippen molar-refractivity contribution in [3.05, 3.63) is 23.2 Å². The fourth-order valence-corrected chi connectivity index (χ4v) is 2.27. The van der Waals surface area contributed by atoms with Crippen molar-refractivity contribution in [1.82, 2.24) is 0 Å². The number of aryl methyl sites for hydroxylation is 1. The highest BCUT2D eigenvalue weighted by Crippen LogP contribution is 2.25. The summed E-state index contributed by atoms with van der Waals surface area (Å²) in [5.41, 5.74) is 0.683. The van der Waals surface area contributed by atoms with Crippen LogP contribution >= 0.6 is 11.8 Å². The average Bonchev–Trinajstić information content (AvgIpc) is 2.44.